The second-order valence-corrected chi connectivity index (χ2v) is 6.18. The van der Waals surface area contributed by atoms with E-state index in [2.05, 4.69) is 0 Å². The topological polar surface area (TPSA) is 17.1 Å². The van der Waals surface area contributed by atoms with Crippen LogP contribution in [-0.4, -0.2) is 35.6 Å². The van der Waals surface area contributed by atoms with Crippen molar-refractivity contribution in [1.29, 1.82) is 0 Å². The second-order valence-electron chi connectivity index (χ2n) is 6.18. The number of benzene rings is 2. The average Bonchev–Trinajstić information content (AvgIpc) is 2.65. The molecule has 0 aliphatic rings. The maximum absolute atomic E-state index is 13.8. The van der Waals surface area contributed by atoms with Crippen LogP contribution in [0, 0.1) is 0 Å². The molecular formula is C18H8F12O. The van der Waals surface area contributed by atoms with E-state index < -0.39 is 53.1 Å². The van der Waals surface area contributed by atoms with Crippen LogP contribution in [0.25, 0.3) is 10.8 Å². The fraction of sp³-hybridized carbons (Fsp3) is 0.278. The minimum Gasteiger partial charge on any atom is -0.289 e. The van der Waals surface area contributed by atoms with Crippen LogP contribution in [-0.2, 0) is 0 Å². The molecule has 0 aliphatic carbocycles. The van der Waals surface area contributed by atoms with E-state index in [4.69, 9.17) is 0 Å². The summed E-state index contributed by atoms with van der Waals surface area (Å²) in [5, 5.41) is 0.304. The van der Waals surface area contributed by atoms with Crippen molar-refractivity contribution < 1.29 is 57.5 Å². The highest BCUT2D eigenvalue weighted by Crippen LogP contribution is 2.58. The molecule has 0 N–H and O–H groups in total. The highest BCUT2D eigenvalue weighted by Gasteiger charge is 2.87. The van der Waals surface area contributed by atoms with E-state index in [0.717, 1.165) is 6.07 Å². The molecular weight excluding hydrogens is 460 g/mol. The van der Waals surface area contributed by atoms with Crippen molar-refractivity contribution >= 4 is 16.6 Å². The molecule has 0 amide bonds. The normalized spacial score (nSPS) is 14.8. The van der Waals surface area contributed by atoms with Gasteiger partial charge in [0.1, 0.15) is 0 Å². The van der Waals surface area contributed by atoms with Crippen LogP contribution >= 0.6 is 0 Å². The number of ketones is 1. The van der Waals surface area contributed by atoms with Crippen LogP contribution in [0.4, 0.5) is 52.7 Å². The predicted octanol–water partition coefficient (Wildman–Crippen LogP) is 6.98. The Balaban J connectivity index is 2.52. The molecule has 0 unspecified atom stereocenters. The summed E-state index contributed by atoms with van der Waals surface area (Å²) < 4.78 is 156. The number of halogens is 12. The van der Waals surface area contributed by atoms with Gasteiger partial charge in [-0.2, -0.15) is 48.3 Å². The SMILES string of the molecule is O=C(/C=C(\F)C(F)(F)C(F)(F)C(F)(F)C(F)(F)C(F)(F)F)c1cccc2ccccc12. The molecule has 0 fully saturated rings. The third-order valence-corrected chi connectivity index (χ3v) is 4.15. The van der Waals surface area contributed by atoms with E-state index in [0.29, 0.717) is 5.39 Å². The van der Waals surface area contributed by atoms with Gasteiger partial charge < -0.3 is 0 Å². The maximum atomic E-state index is 13.8. The molecule has 0 aromatic heterocycles. The van der Waals surface area contributed by atoms with Crippen LogP contribution in [0.2, 0.25) is 0 Å². The zero-order chi connectivity index (χ0) is 24.0. The van der Waals surface area contributed by atoms with Gasteiger partial charge in [-0.3, -0.25) is 4.79 Å². The number of rotatable bonds is 6. The summed E-state index contributed by atoms with van der Waals surface area (Å²) in [5.74, 6) is -35.3. The lowest BCUT2D eigenvalue weighted by Crippen LogP contribution is -2.66. The molecule has 2 aromatic rings. The molecule has 0 heterocycles. The number of fused-ring (bicyclic) bond motifs is 1. The maximum Gasteiger partial charge on any atom is 0.460 e. The van der Waals surface area contributed by atoms with E-state index in [1.165, 1.54) is 36.4 Å². The van der Waals surface area contributed by atoms with Crippen molar-refractivity contribution in [2.75, 3.05) is 0 Å². The minimum absolute atomic E-state index is 0.00283. The van der Waals surface area contributed by atoms with Gasteiger partial charge in [-0.1, -0.05) is 42.5 Å². The number of hydrogen-bond acceptors (Lipinski definition) is 1. The Morgan fingerprint density at radius 2 is 1.19 bits per heavy atom. The molecule has 0 spiro atoms. The van der Waals surface area contributed by atoms with Gasteiger partial charge in [0.15, 0.2) is 11.6 Å². The smallest absolute Gasteiger partial charge is 0.289 e. The largest absolute Gasteiger partial charge is 0.460 e. The second kappa shape index (κ2) is 7.45. The number of alkyl halides is 11. The van der Waals surface area contributed by atoms with Crippen molar-refractivity contribution in [3.63, 3.8) is 0 Å². The average molecular weight is 468 g/mol. The standard InChI is InChI=1S/C18H8F12O/c19-13(8-12(31)11-7-3-5-9-4-1-2-6-10(9)11)14(20,21)15(22,23)16(24,25)17(26,27)18(28,29)30/h1-8H/b13-8-. The van der Waals surface area contributed by atoms with Gasteiger partial charge in [0.25, 0.3) is 0 Å². The van der Waals surface area contributed by atoms with E-state index in [1.807, 2.05) is 0 Å². The fourth-order valence-corrected chi connectivity index (χ4v) is 2.45. The number of carbonyl (C=O) groups excluding carboxylic acids is 1. The number of allylic oxidation sites excluding steroid dienone is 2. The molecule has 0 aliphatic heterocycles. The van der Waals surface area contributed by atoms with Crippen LogP contribution < -0.4 is 0 Å². The summed E-state index contributed by atoms with van der Waals surface area (Å²) in [5.41, 5.74) is -0.556. The minimum atomic E-state index is -7.77. The predicted molar refractivity (Wildman–Crippen MR) is 83.3 cm³/mol. The van der Waals surface area contributed by atoms with Gasteiger partial charge in [0, 0.05) is 11.6 Å². The van der Waals surface area contributed by atoms with Crippen molar-refractivity contribution in [1.82, 2.24) is 0 Å². The molecule has 170 valence electrons. The lowest BCUT2D eigenvalue weighted by molar-refractivity contribution is -0.419. The molecule has 2 aromatic carbocycles. The molecule has 0 saturated carbocycles. The van der Waals surface area contributed by atoms with E-state index in [-0.39, 0.29) is 5.39 Å². The Bertz CT molecular complexity index is 1010. The Morgan fingerprint density at radius 1 is 0.677 bits per heavy atom. The van der Waals surface area contributed by atoms with Gasteiger partial charge in [0.05, 0.1) is 0 Å². The summed E-state index contributed by atoms with van der Waals surface area (Å²) in [4.78, 5) is 12.0. The molecule has 0 bridgehead atoms. The van der Waals surface area contributed by atoms with E-state index >= 15 is 0 Å². The lowest BCUT2D eigenvalue weighted by atomic mass is 9.95. The van der Waals surface area contributed by atoms with E-state index in [9.17, 15) is 57.5 Å². The summed E-state index contributed by atoms with van der Waals surface area (Å²) in [6, 6.07) is 8.98. The van der Waals surface area contributed by atoms with Crippen molar-refractivity contribution in [2.45, 2.75) is 29.9 Å². The third-order valence-electron chi connectivity index (χ3n) is 4.15. The first-order valence-electron chi connectivity index (χ1n) is 7.87. The Morgan fingerprint density at radius 3 is 1.74 bits per heavy atom. The highest BCUT2D eigenvalue weighted by atomic mass is 19.4. The zero-order valence-electron chi connectivity index (χ0n) is 14.6. The monoisotopic (exact) mass is 468 g/mol. The zero-order valence-corrected chi connectivity index (χ0v) is 14.6. The van der Waals surface area contributed by atoms with Gasteiger partial charge in [-0.05, 0) is 10.8 Å². The molecule has 0 saturated heterocycles. The summed E-state index contributed by atoms with van der Waals surface area (Å²) in [6.07, 6.45) is -8.24. The van der Waals surface area contributed by atoms with Gasteiger partial charge >= 0.3 is 29.9 Å². The first kappa shape index (κ1) is 24.5. The van der Waals surface area contributed by atoms with Gasteiger partial charge in [-0.15, -0.1) is 0 Å². The quantitative estimate of drug-likeness (QED) is 0.254. The number of carbonyl (C=O) groups is 1. The molecule has 31 heavy (non-hydrogen) atoms. The van der Waals surface area contributed by atoms with Crippen molar-refractivity contribution in [3.05, 3.63) is 59.9 Å². The summed E-state index contributed by atoms with van der Waals surface area (Å²) >= 11 is 0. The first-order valence-corrected chi connectivity index (χ1v) is 7.87. The van der Waals surface area contributed by atoms with Crippen molar-refractivity contribution in [3.8, 4) is 0 Å². The van der Waals surface area contributed by atoms with Crippen LogP contribution in [0.1, 0.15) is 10.4 Å². The summed E-state index contributed by atoms with van der Waals surface area (Å²) in [6.45, 7) is 0. The third kappa shape index (κ3) is 3.74. The van der Waals surface area contributed by atoms with Gasteiger partial charge in [0.2, 0.25) is 0 Å². The van der Waals surface area contributed by atoms with E-state index in [1.54, 1.807) is 0 Å². The summed E-state index contributed by atoms with van der Waals surface area (Å²) in [7, 11) is 0. The highest BCUT2D eigenvalue weighted by molar-refractivity contribution is 6.13. The first-order chi connectivity index (χ1) is 13.9. The molecule has 0 radical (unpaired) electrons. The molecule has 13 heteroatoms. The lowest BCUT2D eigenvalue weighted by Gasteiger charge is -2.36. The Hall–Kier alpha value is -2.73. The number of hydrogen-bond donors (Lipinski definition) is 0. The molecule has 1 nitrogen and oxygen atoms in total. The van der Waals surface area contributed by atoms with Crippen molar-refractivity contribution in [2.24, 2.45) is 0 Å². The fourth-order valence-electron chi connectivity index (χ4n) is 2.45. The van der Waals surface area contributed by atoms with Crippen LogP contribution in [0.15, 0.2) is 54.4 Å². The Kier molecular flexibility index (Phi) is 5.89. The molecule has 2 rings (SSSR count). The van der Waals surface area contributed by atoms with Crippen LogP contribution in [0.3, 0.4) is 0 Å². The van der Waals surface area contributed by atoms with Crippen LogP contribution in [0.5, 0.6) is 0 Å². The Labute approximate surface area is 164 Å². The molecule has 0 atom stereocenters. The van der Waals surface area contributed by atoms with Gasteiger partial charge in [-0.25, -0.2) is 4.39 Å².